The summed E-state index contributed by atoms with van der Waals surface area (Å²) in [5.74, 6) is 0. The zero-order chi connectivity index (χ0) is 13.3. The molecule has 0 radical (unpaired) electrons. The normalized spacial score (nSPS) is 24.5. The Morgan fingerprint density at radius 3 is 2.58 bits per heavy atom. The van der Waals surface area contributed by atoms with E-state index in [9.17, 15) is 5.11 Å². The first kappa shape index (κ1) is 15.2. The molecule has 2 N–H and O–H groups in total. The summed E-state index contributed by atoms with van der Waals surface area (Å²) in [6.45, 7) is 9.47. The molecule has 0 aromatic heterocycles. The number of hydrogen-bond acceptors (Lipinski definition) is 6. The van der Waals surface area contributed by atoms with Gasteiger partial charge in [-0.25, -0.2) is 0 Å². The van der Waals surface area contributed by atoms with Crippen molar-refractivity contribution in [1.29, 1.82) is 0 Å². The Bertz CT molecular complexity index is 231. The van der Waals surface area contributed by atoms with Crippen LogP contribution in [0.15, 0.2) is 0 Å². The van der Waals surface area contributed by atoms with E-state index in [2.05, 4.69) is 15.1 Å². The second kappa shape index (κ2) is 8.84. The summed E-state index contributed by atoms with van der Waals surface area (Å²) in [6.07, 6.45) is 0.884. The third kappa shape index (κ3) is 5.33. The van der Waals surface area contributed by atoms with E-state index in [1.165, 1.54) is 0 Å². The zero-order valence-electron chi connectivity index (χ0n) is 11.7. The molecule has 112 valence electrons. The van der Waals surface area contributed by atoms with Crippen LogP contribution in [0.25, 0.3) is 0 Å². The summed E-state index contributed by atoms with van der Waals surface area (Å²) in [6, 6.07) is 0. The highest BCUT2D eigenvalue weighted by Crippen LogP contribution is 2.04. The van der Waals surface area contributed by atoms with Crippen LogP contribution >= 0.6 is 0 Å². The van der Waals surface area contributed by atoms with E-state index in [4.69, 9.17) is 9.47 Å². The van der Waals surface area contributed by atoms with Crippen molar-refractivity contribution >= 4 is 0 Å². The van der Waals surface area contributed by atoms with Crippen molar-refractivity contribution in [3.63, 3.8) is 0 Å². The van der Waals surface area contributed by atoms with Gasteiger partial charge in [0.2, 0.25) is 0 Å². The largest absolute Gasteiger partial charge is 0.392 e. The van der Waals surface area contributed by atoms with Gasteiger partial charge in [0.15, 0.2) is 0 Å². The Labute approximate surface area is 115 Å². The van der Waals surface area contributed by atoms with Crippen molar-refractivity contribution in [2.45, 2.75) is 12.6 Å². The SMILES string of the molecule is OCC(OCCCN1CCOCC1)N1CCNCC1. The first-order chi connectivity index (χ1) is 9.40. The van der Waals surface area contributed by atoms with E-state index in [1.54, 1.807) is 0 Å². The number of aliphatic hydroxyl groups is 1. The molecule has 2 fully saturated rings. The van der Waals surface area contributed by atoms with E-state index in [1.807, 2.05) is 0 Å². The lowest BCUT2D eigenvalue weighted by molar-refractivity contribution is -0.0926. The van der Waals surface area contributed by atoms with Crippen LogP contribution in [0.3, 0.4) is 0 Å². The maximum Gasteiger partial charge on any atom is 0.134 e. The highest BCUT2D eigenvalue weighted by Gasteiger charge is 2.20. The molecule has 1 atom stereocenters. The standard InChI is InChI=1S/C13H27N3O3/c17-12-13(16-5-2-14-3-6-16)19-9-1-4-15-7-10-18-11-8-15/h13-14,17H,1-12H2. The monoisotopic (exact) mass is 273 g/mol. The lowest BCUT2D eigenvalue weighted by Crippen LogP contribution is -2.50. The van der Waals surface area contributed by atoms with Crippen LogP contribution in [0.4, 0.5) is 0 Å². The summed E-state index contributed by atoms with van der Waals surface area (Å²) in [5.41, 5.74) is 0. The van der Waals surface area contributed by atoms with Gasteiger partial charge < -0.3 is 19.9 Å². The van der Waals surface area contributed by atoms with Gasteiger partial charge in [-0.3, -0.25) is 9.80 Å². The smallest absolute Gasteiger partial charge is 0.134 e. The first-order valence-corrected chi connectivity index (χ1v) is 7.37. The fourth-order valence-corrected chi connectivity index (χ4v) is 2.58. The highest BCUT2D eigenvalue weighted by molar-refractivity contribution is 4.70. The molecule has 0 aromatic carbocycles. The molecule has 0 aliphatic carbocycles. The van der Waals surface area contributed by atoms with E-state index in [-0.39, 0.29) is 12.8 Å². The number of aliphatic hydroxyl groups excluding tert-OH is 1. The minimum Gasteiger partial charge on any atom is -0.392 e. The maximum atomic E-state index is 9.41. The molecule has 2 heterocycles. The van der Waals surface area contributed by atoms with Crippen LogP contribution < -0.4 is 5.32 Å². The van der Waals surface area contributed by atoms with Gasteiger partial charge in [0.05, 0.1) is 26.4 Å². The van der Waals surface area contributed by atoms with Crippen molar-refractivity contribution in [2.75, 3.05) is 72.2 Å². The number of piperazine rings is 1. The first-order valence-electron chi connectivity index (χ1n) is 7.37. The second-order valence-electron chi connectivity index (χ2n) is 5.10. The van der Waals surface area contributed by atoms with Crippen LogP contribution in [0.1, 0.15) is 6.42 Å². The molecule has 2 aliphatic rings. The van der Waals surface area contributed by atoms with Gasteiger partial charge in [0, 0.05) is 45.8 Å². The Morgan fingerprint density at radius 2 is 1.89 bits per heavy atom. The number of morpholine rings is 1. The predicted molar refractivity (Wildman–Crippen MR) is 73.1 cm³/mol. The molecular formula is C13H27N3O3. The number of ether oxygens (including phenoxy) is 2. The Balaban J connectivity index is 1.57. The van der Waals surface area contributed by atoms with Crippen LogP contribution in [0.2, 0.25) is 0 Å². The van der Waals surface area contributed by atoms with Crippen molar-refractivity contribution in [3.05, 3.63) is 0 Å². The minimum atomic E-state index is -0.133. The van der Waals surface area contributed by atoms with Gasteiger partial charge in [0.25, 0.3) is 0 Å². The molecule has 2 aliphatic heterocycles. The van der Waals surface area contributed by atoms with E-state index < -0.39 is 0 Å². The zero-order valence-corrected chi connectivity index (χ0v) is 11.7. The van der Waals surface area contributed by atoms with Gasteiger partial charge in [0.1, 0.15) is 6.23 Å². The maximum absolute atomic E-state index is 9.41. The van der Waals surface area contributed by atoms with E-state index >= 15 is 0 Å². The van der Waals surface area contributed by atoms with Crippen molar-refractivity contribution in [1.82, 2.24) is 15.1 Å². The molecule has 2 saturated heterocycles. The topological polar surface area (TPSA) is 57.2 Å². The molecule has 19 heavy (non-hydrogen) atoms. The minimum absolute atomic E-state index is 0.0809. The predicted octanol–water partition coefficient (Wildman–Crippen LogP) is -1.05. The fraction of sp³-hybridized carbons (Fsp3) is 1.00. The van der Waals surface area contributed by atoms with Gasteiger partial charge >= 0.3 is 0 Å². The molecule has 0 saturated carbocycles. The van der Waals surface area contributed by atoms with Crippen LogP contribution in [0.5, 0.6) is 0 Å². The third-order valence-corrected chi connectivity index (χ3v) is 3.75. The summed E-state index contributed by atoms with van der Waals surface area (Å²) < 4.78 is 11.1. The quantitative estimate of drug-likeness (QED) is 0.577. The second-order valence-corrected chi connectivity index (χ2v) is 5.10. The Hall–Kier alpha value is -0.240. The highest BCUT2D eigenvalue weighted by atomic mass is 16.5. The molecular weight excluding hydrogens is 246 g/mol. The van der Waals surface area contributed by atoms with E-state index in [0.29, 0.717) is 6.61 Å². The van der Waals surface area contributed by atoms with Gasteiger partial charge in [-0.1, -0.05) is 0 Å². The summed E-state index contributed by atoms with van der Waals surface area (Å²) in [5, 5.41) is 12.7. The van der Waals surface area contributed by atoms with Gasteiger partial charge in [-0.05, 0) is 6.42 Å². The summed E-state index contributed by atoms with van der Waals surface area (Å²) in [7, 11) is 0. The number of nitrogens with zero attached hydrogens (tertiary/aromatic N) is 2. The lowest BCUT2D eigenvalue weighted by atomic mass is 10.3. The summed E-state index contributed by atoms with van der Waals surface area (Å²) >= 11 is 0. The fourth-order valence-electron chi connectivity index (χ4n) is 2.58. The summed E-state index contributed by atoms with van der Waals surface area (Å²) in [4.78, 5) is 4.62. The van der Waals surface area contributed by atoms with Crippen molar-refractivity contribution < 1.29 is 14.6 Å². The number of rotatable bonds is 7. The van der Waals surface area contributed by atoms with Gasteiger partial charge in [-0.15, -0.1) is 0 Å². The van der Waals surface area contributed by atoms with Gasteiger partial charge in [-0.2, -0.15) is 0 Å². The number of nitrogens with one attached hydrogen (secondary N) is 1. The van der Waals surface area contributed by atoms with E-state index in [0.717, 1.165) is 65.4 Å². The Morgan fingerprint density at radius 1 is 1.16 bits per heavy atom. The molecule has 0 spiro atoms. The molecule has 6 nitrogen and oxygen atoms in total. The lowest BCUT2D eigenvalue weighted by Gasteiger charge is -2.33. The van der Waals surface area contributed by atoms with Crippen molar-refractivity contribution in [3.8, 4) is 0 Å². The van der Waals surface area contributed by atoms with Crippen LogP contribution in [-0.2, 0) is 9.47 Å². The van der Waals surface area contributed by atoms with Crippen molar-refractivity contribution in [2.24, 2.45) is 0 Å². The molecule has 2 rings (SSSR count). The molecule has 6 heteroatoms. The molecule has 1 unspecified atom stereocenters. The average molecular weight is 273 g/mol. The van der Waals surface area contributed by atoms with Crippen LogP contribution in [-0.4, -0.2) is 93.4 Å². The molecule has 0 amide bonds. The third-order valence-electron chi connectivity index (χ3n) is 3.75. The Kier molecular flexibility index (Phi) is 7.05. The molecule has 0 bridgehead atoms. The average Bonchev–Trinajstić information content (AvgIpc) is 2.49. The van der Waals surface area contributed by atoms with Crippen LogP contribution in [0, 0.1) is 0 Å². The number of hydrogen-bond donors (Lipinski definition) is 2. The molecule has 0 aromatic rings.